The molecule has 6 N–H and O–H groups in total. The van der Waals surface area contributed by atoms with Gasteiger partial charge in [0.1, 0.15) is 34.8 Å². The number of carboxylic acids is 2. The summed E-state index contributed by atoms with van der Waals surface area (Å²) in [4.78, 5) is 24.3. The Hall–Kier alpha value is -4.20. The van der Waals surface area contributed by atoms with Gasteiger partial charge in [-0.15, -0.1) is 0 Å². The van der Waals surface area contributed by atoms with Crippen LogP contribution in [-0.2, 0) is 9.59 Å². The zero-order valence-electron chi connectivity index (χ0n) is 17.3. The lowest BCUT2D eigenvalue weighted by Gasteiger charge is -2.22. The molecular weight excluding hydrogens is 416 g/mol. The molecule has 0 heterocycles. The fourth-order valence-corrected chi connectivity index (χ4v) is 3.91. The molecule has 32 heavy (non-hydrogen) atoms. The van der Waals surface area contributed by atoms with E-state index in [9.17, 15) is 40.2 Å². The smallest absolute Gasteiger partial charge is 0.315 e. The second-order valence-corrected chi connectivity index (χ2v) is 7.59. The first-order valence-corrected chi connectivity index (χ1v) is 9.61. The van der Waals surface area contributed by atoms with Crippen molar-refractivity contribution in [1.82, 2.24) is 0 Å². The molecule has 0 fully saturated rings. The lowest BCUT2D eigenvalue weighted by atomic mass is 9.82. The molecule has 3 aromatic carbocycles. The molecule has 0 aliphatic rings. The Kier molecular flexibility index (Phi) is 5.98. The number of phenols is 4. The monoisotopic (exact) mass is 438 g/mol. The largest absolute Gasteiger partial charge is 0.508 e. The summed E-state index contributed by atoms with van der Waals surface area (Å²) in [6.07, 6.45) is 0. The third-order valence-electron chi connectivity index (χ3n) is 5.42. The molecule has 0 saturated heterocycles. The SMILES string of the molecule is Cc1cc(O)ccc1C(C(=O)O)c1cc(C(C(=O)O)c2ccc(O)cc2C)c(O)cc1O. The van der Waals surface area contributed by atoms with Crippen molar-refractivity contribution in [2.24, 2.45) is 0 Å². The van der Waals surface area contributed by atoms with E-state index >= 15 is 0 Å². The molecule has 0 amide bonds. The van der Waals surface area contributed by atoms with Gasteiger partial charge in [-0.3, -0.25) is 9.59 Å². The molecule has 0 radical (unpaired) electrons. The first-order chi connectivity index (χ1) is 15.0. The van der Waals surface area contributed by atoms with Crippen LogP contribution in [0.2, 0.25) is 0 Å². The van der Waals surface area contributed by atoms with E-state index in [2.05, 4.69) is 0 Å². The molecule has 0 bridgehead atoms. The Labute approximate surface area is 183 Å². The van der Waals surface area contributed by atoms with Crippen molar-refractivity contribution in [3.8, 4) is 23.0 Å². The number of hydrogen-bond donors (Lipinski definition) is 6. The van der Waals surface area contributed by atoms with Crippen molar-refractivity contribution in [2.75, 3.05) is 0 Å². The van der Waals surface area contributed by atoms with Crippen LogP contribution >= 0.6 is 0 Å². The minimum absolute atomic E-state index is 0.0558. The Morgan fingerprint density at radius 2 is 0.969 bits per heavy atom. The van der Waals surface area contributed by atoms with E-state index in [-0.39, 0.29) is 33.8 Å². The van der Waals surface area contributed by atoms with E-state index in [1.807, 2.05) is 0 Å². The standard InChI is InChI=1S/C24H22O8/c1-11-7-13(25)3-5-15(11)21(23(29)30)17-9-18(20(28)10-19(17)27)22(24(31)32)16-6-4-14(26)8-12(16)2/h3-10,21-22,25-28H,1-2H3,(H,29,30)(H,31,32). The van der Waals surface area contributed by atoms with Gasteiger partial charge in [-0.1, -0.05) is 12.1 Å². The molecule has 0 saturated carbocycles. The molecule has 0 aliphatic heterocycles. The van der Waals surface area contributed by atoms with Gasteiger partial charge in [0.2, 0.25) is 0 Å². The second kappa shape index (κ2) is 8.50. The van der Waals surface area contributed by atoms with Crippen molar-refractivity contribution < 1.29 is 40.2 Å². The second-order valence-electron chi connectivity index (χ2n) is 7.59. The highest BCUT2D eigenvalue weighted by Crippen LogP contribution is 2.42. The van der Waals surface area contributed by atoms with E-state index in [0.717, 1.165) is 6.07 Å². The number of aryl methyl sites for hydroxylation is 2. The highest BCUT2D eigenvalue weighted by Gasteiger charge is 2.32. The van der Waals surface area contributed by atoms with E-state index in [0.29, 0.717) is 11.1 Å². The Morgan fingerprint density at radius 3 is 1.28 bits per heavy atom. The van der Waals surface area contributed by atoms with Crippen molar-refractivity contribution in [3.63, 3.8) is 0 Å². The molecule has 3 aromatic rings. The molecule has 166 valence electrons. The van der Waals surface area contributed by atoms with E-state index in [1.165, 1.54) is 42.5 Å². The van der Waals surface area contributed by atoms with Gasteiger partial charge >= 0.3 is 11.9 Å². The van der Waals surface area contributed by atoms with Gasteiger partial charge in [-0.05, 0) is 66.4 Å². The average molecular weight is 438 g/mol. The Morgan fingerprint density at radius 1 is 0.594 bits per heavy atom. The van der Waals surface area contributed by atoms with Crippen molar-refractivity contribution >= 4 is 11.9 Å². The summed E-state index contributed by atoms with van der Waals surface area (Å²) < 4.78 is 0. The number of benzene rings is 3. The van der Waals surface area contributed by atoms with Crippen LogP contribution in [-0.4, -0.2) is 42.6 Å². The van der Waals surface area contributed by atoms with Crippen LogP contribution in [0, 0.1) is 13.8 Å². The number of rotatable bonds is 6. The van der Waals surface area contributed by atoms with Gasteiger partial charge < -0.3 is 30.6 Å². The van der Waals surface area contributed by atoms with Crippen LogP contribution < -0.4 is 0 Å². The van der Waals surface area contributed by atoms with E-state index in [1.54, 1.807) is 13.8 Å². The predicted molar refractivity (Wildman–Crippen MR) is 114 cm³/mol. The summed E-state index contributed by atoms with van der Waals surface area (Å²) in [5.74, 6) is -6.53. The maximum absolute atomic E-state index is 12.2. The zero-order chi connectivity index (χ0) is 23.7. The summed E-state index contributed by atoms with van der Waals surface area (Å²) in [5.41, 5.74) is 1.26. The van der Waals surface area contributed by atoms with Crippen LogP contribution in [0.4, 0.5) is 0 Å². The molecule has 3 rings (SSSR count). The van der Waals surface area contributed by atoms with Crippen LogP contribution in [0.25, 0.3) is 0 Å². The first kappa shape index (κ1) is 22.5. The number of carbonyl (C=O) groups is 2. The Bertz CT molecular complexity index is 1120. The van der Waals surface area contributed by atoms with Gasteiger partial charge in [-0.25, -0.2) is 0 Å². The molecule has 8 heteroatoms. The Balaban J connectivity index is 2.25. The van der Waals surface area contributed by atoms with Crippen molar-refractivity contribution in [1.29, 1.82) is 0 Å². The van der Waals surface area contributed by atoms with Crippen LogP contribution in [0.15, 0.2) is 48.5 Å². The van der Waals surface area contributed by atoms with Gasteiger partial charge in [0.15, 0.2) is 0 Å². The normalized spacial score (nSPS) is 12.8. The van der Waals surface area contributed by atoms with Crippen LogP contribution in [0.3, 0.4) is 0 Å². The third-order valence-corrected chi connectivity index (χ3v) is 5.42. The van der Waals surface area contributed by atoms with Gasteiger partial charge in [-0.2, -0.15) is 0 Å². The van der Waals surface area contributed by atoms with Crippen LogP contribution in [0.5, 0.6) is 23.0 Å². The van der Waals surface area contributed by atoms with Crippen molar-refractivity contribution in [3.05, 3.63) is 81.9 Å². The summed E-state index contributed by atoms with van der Waals surface area (Å²) in [5, 5.41) is 60.1. The highest BCUT2D eigenvalue weighted by atomic mass is 16.4. The number of carboxylic acid groups (broad SMARTS) is 2. The van der Waals surface area contributed by atoms with E-state index < -0.39 is 35.3 Å². The van der Waals surface area contributed by atoms with E-state index in [4.69, 9.17) is 0 Å². The topological polar surface area (TPSA) is 156 Å². The fraction of sp³-hybridized carbons (Fsp3) is 0.167. The number of hydrogen-bond acceptors (Lipinski definition) is 6. The summed E-state index contributed by atoms with van der Waals surface area (Å²) >= 11 is 0. The number of phenolic OH excluding ortho intramolecular Hbond substituents is 4. The first-order valence-electron chi connectivity index (χ1n) is 9.61. The summed E-state index contributed by atoms with van der Waals surface area (Å²) in [6.45, 7) is 3.20. The quantitative estimate of drug-likeness (QED) is 0.341. The molecule has 0 spiro atoms. The zero-order valence-corrected chi connectivity index (χ0v) is 17.3. The predicted octanol–water partition coefficient (Wildman–Crippen LogP) is 3.56. The minimum atomic E-state index is -1.38. The molecule has 0 aromatic heterocycles. The molecular formula is C24H22O8. The molecule has 8 nitrogen and oxygen atoms in total. The van der Waals surface area contributed by atoms with Crippen LogP contribution in [0.1, 0.15) is 45.2 Å². The lowest BCUT2D eigenvalue weighted by molar-refractivity contribution is -0.138. The maximum Gasteiger partial charge on any atom is 0.315 e. The van der Waals surface area contributed by atoms with Gasteiger partial charge in [0, 0.05) is 17.2 Å². The minimum Gasteiger partial charge on any atom is -0.508 e. The maximum atomic E-state index is 12.2. The number of aliphatic carboxylic acids is 2. The van der Waals surface area contributed by atoms with Gasteiger partial charge in [0.05, 0.1) is 0 Å². The summed E-state index contributed by atoms with van der Waals surface area (Å²) in [6, 6.07) is 10.3. The summed E-state index contributed by atoms with van der Waals surface area (Å²) in [7, 11) is 0. The highest BCUT2D eigenvalue weighted by molar-refractivity contribution is 5.85. The number of aromatic hydroxyl groups is 4. The van der Waals surface area contributed by atoms with Gasteiger partial charge in [0.25, 0.3) is 0 Å². The molecule has 0 aliphatic carbocycles. The molecule has 2 atom stereocenters. The molecule has 2 unspecified atom stereocenters. The van der Waals surface area contributed by atoms with Crippen molar-refractivity contribution in [2.45, 2.75) is 25.7 Å². The third kappa shape index (κ3) is 4.15. The fourth-order valence-electron chi connectivity index (χ4n) is 3.91. The average Bonchev–Trinajstić information content (AvgIpc) is 2.68. The lowest BCUT2D eigenvalue weighted by Crippen LogP contribution is -2.18.